The van der Waals surface area contributed by atoms with Gasteiger partial charge in [0.25, 0.3) is 0 Å². The summed E-state index contributed by atoms with van der Waals surface area (Å²) in [7, 11) is 0. The van der Waals surface area contributed by atoms with Crippen molar-refractivity contribution in [2.24, 2.45) is 0 Å². The highest BCUT2D eigenvalue weighted by molar-refractivity contribution is 5.69. The maximum Gasteiger partial charge on any atom is 0.417 e. The zero-order valence-corrected chi connectivity index (χ0v) is 8.51. The normalized spacial score (nSPS) is 13.7. The summed E-state index contributed by atoms with van der Waals surface area (Å²) in [5.74, 6) is -0.702. The predicted molar refractivity (Wildman–Crippen MR) is 47.2 cm³/mol. The van der Waals surface area contributed by atoms with Crippen LogP contribution in [0.2, 0.25) is 0 Å². The topological polar surface area (TPSA) is 46.5 Å². The molecule has 0 aromatic carbocycles. The number of aliphatic hydroxyl groups is 1. The second-order valence-corrected chi connectivity index (χ2v) is 3.20. The molecule has 1 N–H and O–H groups in total. The molecule has 0 aromatic heterocycles. The van der Waals surface area contributed by atoms with E-state index in [1.807, 2.05) is 6.92 Å². The number of hydrogen-bond donors (Lipinski definition) is 1. The third-order valence-corrected chi connectivity index (χ3v) is 1.76. The lowest BCUT2D eigenvalue weighted by molar-refractivity contribution is -0.217. The first-order chi connectivity index (χ1) is 6.88. The Morgan fingerprint density at radius 3 is 2.47 bits per heavy atom. The van der Waals surface area contributed by atoms with E-state index in [0.29, 0.717) is 6.42 Å². The molecule has 3 nitrogen and oxygen atoms in total. The van der Waals surface area contributed by atoms with Crippen molar-refractivity contribution in [1.29, 1.82) is 0 Å². The lowest BCUT2D eigenvalue weighted by Gasteiger charge is -2.14. The minimum atomic E-state index is -4.73. The van der Waals surface area contributed by atoms with Gasteiger partial charge in [0, 0.05) is 6.42 Å². The minimum Gasteiger partial charge on any atom is -0.463 e. The molecule has 0 fully saturated rings. The van der Waals surface area contributed by atoms with Crippen molar-refractivity contribution in [2.75, 3.05) is 6.61 Å². The lowest BCUT2D eigenvalue weighted by Crippen LogP contribution is -2.33. The maximum absolute atomic E-state index is 11.8. The van der Waals surface area contributed by atoms with Crippen LogP contribution in [0.3, 0.4) is 0 Å². The number of aliphatic hydroxyl groups excluding tert-OH is 1. The molecule has 0 aromatic rings. The second-order valence-electron chi connectivity index (χ2n) is 3.20. The number of rotatable bonds is 6. The van der Waals surface area contributed by atoms with Gasteiger partial charge in [-0.15, -0.1) is 0 Å². The van der Waals surface area contributed by atoms with Crippen molar-refractivity contribution in [1.82, 2.24) is 0 Å². The fourth-order valence-electron chi connectivity index (χ4n) is 0.858. The number of halogens is 3. The van der Waals surface area contributed by atoms with Gasteiger partial charge in [-0.25, -0.2) is 0 Å². The molecule has 0 aliphatic heterocycles. The summed E-state index contributed by atoms with van der Waals surface area (Å²) in [6.07, 6.45) is -4.89. The first-order valence-corrected chi connectivity index (χ1v) is 4.78. The van der Waals surface area contributed by atoms with E-state index < -0.39 is 24.9 Å². The van der Waals surface area contributed by atoms with Gasteiger partial charge in [-0.05, 0) is 6.42 Å². The van der Waals surface area contributed by atoms with Crippen molar-refractivity contribution in [2.45, 2.75) is 44.9 Å². The fourth-order valence-corrected chi connectivity index (χ4v) is 0.858. The third kappa shape index (κ3) is 7.18. The monoisotopic (exact) mass is 228 g/mol. The molecule has 0 aliphatic carbocycles. The van der Waals surface area contributed by atoms with E-state index in [1.165, 1.54) is 0 Å². The summed E-state index contributed by atoms with van der Waals surface area (Å²) in [5, 5.41) is 8.50. The first kappa shape index (κ1) is 14.2. The van der Waals surface area contributed by atoms with Crippen LogP contribution in [-0.2, 0) is 9.53 Å². The van der Waals surface area contributed by atoms with Gasteiger partial charge in [0.2, 0.25) is 0 Å². The van der Waals surface area contributed by atoms with Crippen molar-refractivity contribution >= 4 is 5.97 Å². The molecule has 0 aliphatic rings. The SMILES string of the molecule is CCCCCC(=O)OCC(O)C(F)(F)F. The zero-order chi connectivity index (χ0) is 11.9. The summed E-state index contributed by atoms with van der Waals surface area (Å²) < 4.78 is 39.6. The average molecular weight is 228 g/mol. The largest absolute Gasteiger partial charge is 0.463 e. The van der Waals surface area contributed by atoms with E-state index in [4.69, 9.17) is 5.11 Å². The summed E-state index contributed by atoms with van der Waals surface area (Å²) in [5.41, 5.74) is 0. The van der Waals surface area contributed by atoms with Crippen LogP contribution in [0.25, 0.3) is 0 Å². The molecule has 1 atom stereocenters. The standard InChI is InChI=1S/C9H15F3O3/c1-2-3-4-5-8(14)15-6-7(13)9(10,11)12/h7,13H,2-6H2,1H3. The van der Waals surface area contributed by atoms with Crippen LogP contribution in [-0.4, -0.2) is 30.0 Å². The fraction of sp³-hybridized carbons (Fsp3) is 0.889. The summed E-state index contributed by atoms with van der Waals surface area (Å²) in [6.45, 7) is 0.924. The summed E-state index contributed by atoms with van der Waals surface area (Å²) in [4.78, 5) is 10.8. The van der Waals surface area contributed by atoms with E-state index in [9.17, 15) is 18.0 Å². The number of unbranched alkanes of at least 4 members (excludes halogenated alkanes) is 2. The van der Waals surface area contributed by atoms with Gasteiger partial charge in [0.1, 0.15) is 6.61 Å². The second kappa shape index (κ2) is 6.66. The number of ether oxygens (including phenoxy) is 1. The average Bonchev–Trinajstić information content (AvgIpc) is 2.13. The highest BCUT2D eigenvalue weighted by Crippen LogP contribution is 2.20. The number of carbonyl (C=O) groups excluding carboxylic acids is 1. The minimum absolute atomic E-state index is 0.0957. The molecule has 0 saturated heterocycles. The number of carbonyl (C=O) groups is 1. The van der Waals surface area contributed by atoms with Gasteiger partial charge in [0.05, 0.1) is 0 Å². The van der Waals surface area contributed by atoms with Crippen molar-refractivity contribution in [3.8, 4) is 0 Å². The van der Waals surface area contributed by atoms with Crippen LogP contribution in [0.4, 0.5) is 13.2 Å². The van der Waals surface area contributed by atoms with Gasteiger partial charge in [0.15, 0.2) is 6.10 Å². The Kier molecular flexibility index (Phi) is 6.31. The van der Waals surface area contributed by atoms with E-state index >= 15 is 0 Å². The third-order valence-electron chi connectivity index (χ3n) is 1.76. The predicted octanol–water partition coefficient (Wildman–Crippen LogP) is 2.03. The first-order valence-electron chi connectivity index (χ1n) is 4.78. The molecule has 0 bridgehead atoms. The van der Waals surface area contributed by atoms with Gasteiger partial charge >= 0.3 is 12.1 Å². The van der Waals surface area contributed by atoms with Crippen LogP contribution < -0.4 is 0 Å². The van der Waals surface area contributed by atoms with Crippen LogP contribution >= 0.6 is 0 Å². The molecule has 90 valence electrons. The van der Waals surface area contributed by atoms with Crippen LogP contribution in [0, 0.1) is 0 Å². The Hall–Kier alpha value is -0.780. The number of alkyl halides is 3. The molecule has 0 amide bonds. The highest BCUT2D eigenvalue weighted by atomic mass is 19.4. The molecule has 0 saturated carbocycles. The summed E-state index contributed by atoms with van der Waals surface area (Å²) in [6, 6.07) is 0. The molecule has 0 spiro atoms. The van der Waals surface area contributed by atoms with E-state index in [-0.39, 0.29) is 6.42 Å². The van der Waals surface area contributed by atoms with E-state index in [0.717, 1.165) is 12.8 Å². The molecule has 6 heteroatoms. The molecular formula is C9H15F3O3. The lowest BCUT2D eigenvalue weighted by atomic mass is 10.2. The van der Waals surface area contributed by atoms with Crippen LogP contribution in [0.5, 0.6) is 0 Å². The van der Waals surface area contributed by atoms with Crippen LogP contribution in [0.15, 0.2) is 0 Å². The smallest absolute Gasteiger partial charge is 0.417 e. The Bertz CT molecular complexity index is 192. The van der Waals surface area contributed by atoms with Gasteiger partial charge < -0.3 is 9.84 Å². The Morgan fingerprint density at radius 2 is 2.00 bits per heavy atom. The Labute approximate surface area is 86.2 Å². The van der Waals surface area contributed by atoms with Gasteiger partial charge in [-0.3, -0.25) is 4.79 Å². The van der Waals surface area contributed by atoms with Crippen molar-refractivity contribution < 1.29 is 27.8 Å². The molecule has 1 unspecified atom stereocenters. The van der Waals surface area contributed by atoms with Crippen molar-refractivity contribution in [3.63, 3.8) is 0 Å². The Balaban J connectivity index is 3.62. The number of hydrogen-bond acceptors (Lipinski definition) is 3. The molecule has 0 radical (unpaired) electrons. The quantitative estimate of drug-likeness (QED) is 0.559. The van der Waals surface area contributed by atoms with Crippen molar-refractivity contribution in [3.05, 3.63) is 0 Å². The van der Waals surface area contributed by atoms with Crippen LogP contribution in [0.1, 0.15) is 32.6 Å². The maximum atomic E-state index is 11.8. The van der Waals surface area contributed by atoms with Gasteiger partial charge in [-0.1, -0.05) is 19.8 Å². The Morgan fingerprint density at radius 1 is 1.40 bits per heavy atom. The van der Waals surface area contributed by atoms with Gasteiger partial charge in [-0.2, -0.15) is 13.2 Å². The van der Waals surface area contributed by atoms with E-state index in [2.05, 4.69) is 4.74 Å². The molecule has 0 rings (SSSR count). The molecular weight excluding hydrogens is 213 g/mol. The zero-order valence-electron chi connectivity index (χ0n) is 8.51. The number of esters is 1. The van der Waals surface area contributed by atoms with E-state index in [1.54, 1.807) is 0 Å². The highest BCUT2D eigenvalue weighted by Gasteiger charge is 2.38. The summed E-state index contributed by atoms with van der Waals surface area (Å²) >= 11 is 0. The molecule has 15 heavy (non-hydrogen) atoms. The molecule has 0 heterocycles.